The van der Waals surface area contributed by atoms with Crippen LogP contribution in [0.5, 0.6) is 0 Å². The van der Waals surface area contributed by atoms with E-state index in [0.717, 1.165) is 36.2 Å². The maximum Gasteiger partial charge on any atom is 0.165 e. The first-order valence-electron chi connectivity index (χ1n) is 9.65. The number of carbonyl (C=O) groups excluding carboxylic acids is 1. The Balaban J connectivity index is 1.92. The van der Waals surface area contributed by atoms with Crippen molar-refractivity contribution in [3.8, 4) is 0 Å². The molecule has 0 aromatic heterocycles. The van der Waals surface area contributed by atoms with E-state index in [2.05, 4.69) is 13.5 Å². The molecule has 0 aliphatic heterocycles. The normalized spacial score (nSPS) is 33.4. The lowest BCUT2D eigenvalue weighted by Gasteiger charge is -2.32. The summed E-state index contributed by atoms with van der Waals surface area (Å²) >= 11 is 0. The first-order chi connectivity index (χ1) is 11.2. The molecule has 1 nitrogen and oxygen atoms in total. The molecule has 0 heterocycles. The molecule has 0 bridgehead atoms. The van der Waals surface area contributed by atoms with E-state index in [1.165, 1.54) is 44.9 Å². The van der Waals surface area contributed by atoms with E-state index in [4.69, 9.17) is 0 Å². The van der Waals surface area contributed by atoms with E-state index in [9.17, 15) is 4.79 Å². The Labute approximate surface area is 142 Å². The highest BCUT2D eigenvalue weighted by Gasteiger charge is 2.30. The Bertz CT molecular complexity index is 449. The van der Waals surface area contributed by atoms with E-state index in [1.807, 2.05) is 25.2 Å². The molecule has 23 heavy (non-hydrogen) atoms. The summed E-state index contributed by atoms with van der Waals surface area (Å²) in [7, 11) is 0. The largest absolute Gasteiger partial charge is 0.294 e. The van der Waals surface area contributed by atoms with Crippen LogP contribution in [0.25, 0.3) is 0 Å². The monoisotopic (exact) mass is 314 g/mol. The lowest BCUT2D eigenvalue weighted by atomic mass is 9.74. The van der Waals surface area contributed by atoms with Crippen LogP contribution in [-0.4, -0.2) is 5.78 Å². The molecule has 2 saturated carbocycles. The van der Waals surface area contributed by atoms with Gasteiger partial charge in [-0.3, -0.25) is 4.79 Å². The Morgan fingerprint density at radius 2 is 1.61 bits per heavy atom. The summed E-state index contributed by atoms with van der Waals surface area (Å²) in [4.78, 5) is 12.7. The molecular formula is C22H34O. The van der Waals surface area contributed by atoms with Crippen LogP contribution < -0.4 is 0 Å². The molecule has 1 heteroatoms. The van der Waals surface area contributed by atoms with Crippen LogP contribution in [0.3, 0.4) is 0 Å². The van der Waals surface area contributed by atoms with Crippen molar-refractivity contribution in [2.75, 3.05) is 0 Å². The predicted molar refractivity (Wildman–Crippen MR) is 99.3 cm³/mol. The molecule has 2 rings (SSSR count). The second kappa shape index (κ2) is 9.25. The van der Waals surface area contributed by atoms with Crippen LogP contribution in [0.1, 0.15) is 71.6 Å². The number of hydrogen-bond donors (Lipinski definition) is 0. The van der Waals surface area contributed by atoms with Crippen molar-refractivity contribution in [2.45, 2.75) is 71.6 Å². The third-order valence-corrected chi connectivity index (χ3v) is 6.08. The minimum Gasteiger partial charge on any atom is -0.294 e. The Kier molecular flexibility index (Phi) is 7.33. The average Bonchev–Trinajstić information content (AvgIpc) is 2.82. The van der Waals surface area contributed by atoms with Crippen molar-refractivity contribution in [1.29, 1.82) is 0 Å². The van der Waals surface area contributed by atoms with Gasteiger partial charge in [-0.05, 0) is 56.8 Å². The van der Waals surface area contributed by atoms with Gasteiger partial charge in [0, 0.05) is 11.5 Å². The van der Waals surface area contributed by atoms with Gasteiger partial charge in [-0.1, -0.05) is 63.5 Å². The molecule has 0 saturated heterocycles. The van der Waals surface area contributed by atoms with Gasteiger partial charge < -0.3 is 0 Å². The van der Waals surface area contributed by atoms with Gasteiger partial charge >= 0.3 is 0 Å². The summed E-state index contributed by atoms with van der Waals surface area (Å²) in [6.45, 7) is 8.20. The second-order valence-corrected chi connectivity index (χ2v) is 7.70. The van der Waals surface area contributed by atoms with Crippen LogP contribution in [0.4, 0.5) is 0 Å². The molecule has 0 radical (unpaired) electrons. The number of Topliss-reactive ketones (excluding diaryl/α,β-unsaturated/α-hetero) is 1. The van der Waals surface area contributed by atoms with Gasteiger partial charge in [0.15, 0.2) is 5.78 Å². The van der Waals surface area contributed by atoms with E-state index < -0.39 is 0 Å². The molecule has 2 atom stereocenters. The molecule has 0 N–H and O–H groups in total. The van der Waals surface area contributed by atoms with Crippen molar-refractivity contribution in [3.63, 3.8) is 0 Å². The molecule has 0 aromatic rings. The Morgan fingerprint density at radius 1 is 0.957 bits per heavy atom. The lowest BCUT2D eigenvalue weighted by Crippen LogP contribution is -2.21. The minimum atomic E-state index is 0.219. The number of ketones is 1. The van der Waals surface area contributed by atoms with Crippen LogP contribution in [0.2, 0.25) is 0 Å². The first-order valence-corrected chi connectivity index (χ1v) is 9.65. The summed E-state index contributed by atoms with van der Waals surface area (Å²) < 4.78 is 0. The third kappa shape index (κ3) is 5.19. The summed E-state index contributed by atoms with van der Waals surface area (Å²) in [6, 6.07) is 0. The predicted octanol–water partition coefficient (Wildman–Crippen LogP) is 6.27. The van der Waals surface area contributed by atoms with Gasteiger partial charge in [-0.2, -0.15) is 0 Å². The second-order valence-electron chi connectivity index (χ2n) is 7.70. The quantitative estimate of drug-likeness (QED) is 0.332. The van der Waals surface area contributed by atoms with E-state index in [0.29, 0.717) is 5.78 Å². The zero-order valence-electron chi connectivity index (χ0n) is 15.1. The van der Waals surface area contributed by atoms with E-state index >= 15 is 0 Å². The van der Waals surface area contributed by atoms with E-state index in [1.54, 1.807) is 6.08 Å². The lowest BCUT2D eigenvalue weighted by molar-refractivity contribution is -0.119. The van der Waals surface area contributed by atoms with Gasteiger partial charge in [0.1, 0.15) is 0 Å². The number of hydrogen-bond acceptors (Lipinski definition) is 1. The number of allylic oxidation sites excluding steroid dienone is 5. The van der Waals surface area contributed by atoms with E-state index in [-0.39, 0.29) is 5.92 Å². The minimum absolute atomic E-state index is 0.219. The zero-order valence-corrected chi connectivity index (χ0v) is 15.1. The summed E-state index contributed by atoms with van der Waals surface area (Å²) in [5.74, 6) is 3.26. The number of carbonyl (C=O) groups is 1. The smallest absolute Gasteiger partial charge is 0.165 e. The van der Waals surface area contributed by atoms with Crippen LogP contribution in [0.15, 0.2) is 36.5 Å². The maximum absolute atomic E-state index is 12.7. The number of rotatable bonds is 5. The molecule has 2 aliphatic carbocycles. The van der Waals surface area contributed by atoms with Crippen LogP contribution in [-0.2, 0) is 4.79 Å². The van der Waals surface area contributed by atoms with Crippen molar-refractivity contribution >= 4 is 5.78 Å². The molecule has 0 spiro atoms. The fraction of sp³-hybridized carbons (Fsp3) is 0.682. The average molecular weight is 315 g/mol. The first kappa shape index (κ1) is 18.2. The van der Waals surface area contributed by atoms with Gasteiger partial charge in [0.2, 0.25) is 0 Å². The summed E-state index contributed by atoms with van der Waals surface area (Å²) in [5.41, 5.74) is 0.790. The molecule has 0 amide bonds. The van der Waals surface area contributed by atoms with Crippen LogP contribution in [0, 0.1) is 23.7 Å². The van der Waals surface area contributed by atoms with Crippen LogP contribution >= 0.6 is 0 Å². The molecular weight excluding hydrogens is 280 g/mol. The third-order valence-electron chi connectivity index (χ3n) is 6.08. The zero-order chi connectivity index (χ0) is 16.7. The molecule has 128 valence electrons. The van der Waals surface area contributed by atoms with Crippen molar-refractivity contribution < 1.29 is 4.79 Å². The highest BCUT2D eigenvalue weighted by Crippen LogP contribution is 2.40. The Morgan fingerprint density at radius 3 is 2.26 bits per heavy atom. The maximum atomic E-state index is 12.7. The van der Waals surface area contributed by atoms with Gasteiger partial charge in [-0.25, -0.2) is 0 Å². The molecule has 2 fully saturated rings. The van der Waals surface area contributed by atoms with Crippen molar-refractivity contribution in [1.82, 2.24) is 0 Å². The highest BCUT2D eigenvalue weighted by atomic mass is 16.1. The topological polar surface area (TPSA) is 17.1 Å². The van der Waals surface area contributed by atoms with Crippen molar-refractivity contribution in [3.05, 3.63) is 36.5 Å². The molecule has 2 unspecified atom stereocenters. The molecule has 2 aliphatic rings. The van der Waals surface area contributed by atoms with Gasteiger partial charge in [0.05, 0.1) is 0 Å². The van der Waals surface area contributed by atoms with Gasteiger partial charge in [0.25, 0.3) is 0 Å². The van der Waals surface area contributed by atoms with Crippen molar-refractivity contribution in [2.24, 2.45) is 23.7 Å². The SMILES string of the molecule is C=C/C(=C\C=C/C)C(=O)C1CCCC(C2CCC(C)CC2)CC1. The highest BCUT2D eigenvalue weighted by molar-refractivity contribution is 5.99. The Hall–Kier alpha value is -1.11. The molecule has 0 aromatic carbocycles. The standard InChI is InChI=1S/C22H34O/c1-4-6-8-18(5-2)22(23)21-10-7-9-19(15-16-21)20-13-11-17(3)12-14-20/h4-6,8,17,19-21H,2,7,9-16H2,1,3H3/b6-4-,18-8+. The summed E-state index contributed by atoms with van der Waals surface area (Å²) in [5, 5.41) is 0. The fourth-order valence-electron chi connectivity index (χ4n) is 4.51. The van der Waals surface area contributed by atoms with Gasteiger partial charge in [-0.15, -0.1) is 0 Å². The fourth-order valence-corrected chi connectivity index (χ4v) is 4.51. The summed E-state index contributed by atoms with van der Waals surface area (Å²) in [6.07, 6.45) is 19.2.